The van der Waals surface area contributed by atoms with Gasteiger partial charge < -0.3 is 14.7 Å². The van der Waals surface area contributed by atoms with Crippen LogP contribution in [0.1, 0.15) is 22.7 Å². The maximum atomic E-state index is 14.1. The summed E-state index contributed by atoms with van der Waals surface area (Å²) in [6, 6.07) is 14.0. The molecule has 1 unspecified atom stereocenters. The lowest BCUT2D eigenvalue weighted by Gasteiger charge is -2.26. The predicted octanol–water partition coefficient (Wildman–Crippen LogP) is 4.97. The summed E-state index contributed by atoms with van der Waals surface area (Å²) in [5.74, 6) is -4.26. The Labute approximate surface area is 201 Å². The topological polar surface area (TPSA) is 70.1 Å². The number of amides is 1. The van der Waals surface area contributed by atoms with Crippen LogP contribution in [0.3, 0.4) is 0 Å². The van der Waals surface area contributed by atoms with Crippen LogP contribution in [0.15, 0.2) is 66.2 Å². The van der Waals surface area contributed by atoms with Crippen molar-refractivity contribution in [2.24, 2.45) is 0 Å². The van der Waals surface area contributed by atoms with Gasteiger partial charge in [-0.05, 0) is 48.9 Å². The number of carbonyl (C=O) groups is 2. The van der Waals surface area contributed by atoms with Gasteiger partial charge in [0.1, 0.15) is 11.5 Å². The first kappa shape index (κ1) is 23.9. The highest BCUT2D eigenvalue weighted by atomic mass is 19.2. The third-order valence-electron chi connectivity index (χ3n) is 5.96. The number of hydrogen-bond donors (Lipinski definition) is 1. The molecule has 1 fully saturated rings. The van der Waals surface area contributed by atoms with Crippen LogP contribution in [-0.4, -0.2) is 38.0 Å². The van der Waals surface area contributed by atoms with E-state index in [1.807, 2.05) is 25.9 Å². The lowest BCUT2D eigenvalue weighted by molar-refractivity contribution is -0.132. The zero-order valence-corrected chi connectivity index (χ0v) is 19.7. The molecule has 180 valence electrons. The molecule has 1 amide bonds. The molecule has 8 heteroatoms. The van der Waals surface area contributed by atoms with E-state index in [-0.39, 0.29) is 16.8 Å². The Bertz CT molecular complexity index is 1350. The Hall–Kier alpha value is -4.20. The summed E-state index contributed by atoms with van der Waals surface area (Å²) in [5.41, 5.74) is 2.23. The lowest BCUT2D eigenvalue weighted by Crippen LogP contribution is -2.29. The molecular weight excluding hydrogens is 454 g/mol. The van der Waals surface area contributed by atoms with Gasteiger partial charge in [0, 0.05) is 31.5 Å². The number of ether oxygens (including phenoxy) is 1. The van der Waals surface area contributed by atoms with Gasteiger partial charge in [-0.25, -0.2) is 8.78 Å². The van der Waals surface area contributed by atoms with Gasteiger partial charge >= 0.3 is 0 Å². The number of Topliss-reactive ketones (excluding diaryl/α,β-unsaturated/α-hetero) is 1. The largest absolute Gasteiger partial charge is 0.507 e. The zero-order valence-electron chi connectivity index (χ0n) is 19.7. The molecular formula is C27H24F2N2O4. The summed E-state index contributed by atoms with van der Waals surface area (Å²) < 4.78 is 33.1. The molecule has 1 atom stereocenters. The van der Waals surface area contributed by atoms with Gasteiger partial charge in [0.05, 0.1) is 24.3 Å². The standard InChI is InChI=1S/C27H24F2N2O4/c1-15-5-12-22(35-4)19(13-15)25(32)23-24(16-6-8-17(9-7-16)30(2)3)31(27(34)26(23)33)18-10-11-20(28)21(29)14-18/h5-14,24,32H,1-4H3/b25-23+. The maximum absolute atomic E-state index is 14.1. The molecule has 0 aliphatic carbocycles. The van der Waals surface area contributed by atoms with Crippen molar-refractivity contribution in [3.05, 3.63) is 94.6 Å². The van der Waals surface area contributed by atoms with E-state index in [1.54, 1.807) is 42.5 Å². The minimum Gasteiger partial charge on any atom is -0.507 e. The van der Waals surface area contributed by atoms with E-state index in [9.17, 15) is 23.5 Å². The smallest absolute Gasteiger partial charge is 0.300 e. The van der Waals surface area contributed by atoms with Crippen molar-refractivity contribution in [2.45, 2.75) is 13.0 Å². The molecule has 6 nitrogen and oxygen atoms in total. The molecule has 1 aliphatic heterocycles. The molecule has 3 aromatic carbocycles. The van der Waals surface area contributed by atoms with Crippen molar-refractivity contribution < 1.29 is 28.2 Å². The van der Waals surface area contributed by atoms with E-state index in [1.165, 1.54) is 13.2 Å². The second-order valence-electron chi connectivity index (χ2n) is 8.46. The second-order valence-corrected chi connectivity index (χ2v) is 8.46. The second kappa shape index (κ2) is 9.21. The van der Waals surface area contributed by atoms with E-state index < -0.39 is 35.1 Å². The van der Waals surface area contributed by atoms with Crippen molar-refractivity contribution >= 4 is 28.8 Å². The van der Waals surface area contributed by atoms with Crippen molar-refractivity contribution in [1.82, 2.24) is 0 Å². The zero-order chi connectivity index (χ0) is 25.4. The first-order valence-electron chi connectivity index (χ1n) is 10.8. The van der Waals surface area contributed by atoms with E-state index in [0.717, 1.165) is 28.3 Å². The number of ketones is 1. The van der Waals surface area contributed by atoms with Crippen molar-refractivity contribution in [3.63, 3.8) is 0 Å². The number of methoxy groups -OCH3 is 1. The van der Waals surface area contributed by atoms with Crippen LogP contribution in [0.25, 0.3) is 5.76 Å². The number of hydrogen-bond acceptors (Lipinski definition) is 5. The first-order valence-corrected chi connectivity index (χ1v) is 10.8. The molecule has 3 aromatic rings. The van der Waals surface area contributed by atoms with E-state index in [0.29, 0.717) is 11.3 Å². The van der Waals surface area contributed by atoms with E-state index in [4.69, 9.17) is 4.74 Å². The summed E-state index contributed by atoms with van der Waals surface area (Å²) in [5, 5.41) is 11.3. The van der Waals surface area contributed by atoms with Crippen LogP contribution in [0.5, 0.6) is 5.75 Å². The van der Waals surface area contributed by atoms with Gasteiger partial charge in [-0.15, -0.1) is 0 Å². The van der Waals surface area contributed by atoms with Gasteiger partial charge in [0.15, 0.2) is 11.6 Å². The Morgan fingerprint density at radius 2 is 1.66 bits per heavy atom. The van der Waals surface area contributed by atoms with Gasteiger partial charge in [-0.2, -0.15) is 0 Å². The Morgan fingerprint density at radius 1 is 0.971 bits per heavy atom. The van der Waals surface area contributed by atoms with Crippen molar-refractivity contribution in [2.75, 3.05) is 31.0 Å². The first-order chi connectivity index (χ1) is 16.6. The highest BCUT2D eigenvalue weighted by Crippen LogP contribution is 2.43. The molecule has 1 heterocycles. The van der Waals surface area contributed by atoms with Gasteiger partial charge in [0.2, 0.25) is 0 Å². The summed E-state index contributed by atoms with van der Waals surface area (Å²) in [7, 11) is 5.16. The number of rotatable bonds is 5. The van der Waals surface area contributed by atoms with Crippen LogP contribution in [-0.2, 0) is 9.59 Å². The van der Waals surface area contributed by atoms with Crippen molar-refractivity contribution in [3.8, 4) is 5.75 Å². The molecule has 35 heavy (non-hydrogen) atoms. The molecule has 1 aliphatic rings. The lowest BCUT2D eigenvalue weighted by atomic mass is 9.94. The molecule has 0 saturated carbocycles. The van der Waals surface area contributed by atoms with Crippen molar-refractivity contribution in [1.29, 1.82) is 0 Å². The average molecular weight is 478 g/mol. The molecule has 1 N–H and O–H groups in total. The minimum atomic E-state index is -1.16. The summed E-state index contributed by atoms with van der Waals surface area (Å²) in [6.45, 7) is 1.81. The Morgan fingerprint density at radius 3 is 2.26 bits per heavy atom. The fourth-order valence-corrected chi connectivity index (χ4v) is 4.16. The molecule has 4 rings (SSSR count). The summed E-state index contributed by atoms with van der Waals surface area (Å²) in [6.07, 6.45) is 0. The summed E-state index contributed by atoms with van der Waals surface area (Å²) in [4.78, 5) is 29.4. The number of carbonyl (C=O) groups excluding carboxylic acids is 2. The number of anilines is 2. The molecule has 0 bridgehead atoms. The number of benzene rings is 3. The number of aliphatic hydroxyl groups excluding tert-OH is 1. The van der Waals surface area contributed by atoms with Gasteiger partial charge in [-0.3, -0.25) is 14.5 Å². The summed E-state index contributed by atoms with van der Waals surface area (Å²) >= 11 is 0. The Balaban J connectivity index is 1.98. The minimum absolute atomic E-state index is 0.0112. The highest BCUT2D eigenvalue weighted by Gasteiger charge is 2.47. The van der Waals surface area contributed by atoms with E-state index >= 15 is 0 Å². The molecule has 1 saturated heterocycles. The number of halogens is 2. The van der Waals surface area contributed by atoms with Crippen LogP contribution < -0.4 is 14.5 Å². The highest BCUT2D eigenvalue weighted by molar-refractivity contribution is 6.51. The molecule has 0 radical (unpaired) electrons. The molecule has 0 spiro atoms. The Kier molecular flexibility index (Phi) is 6.30. The average Bonchev–Trinajstić information content (AvgIpc) is 3.10. The van der Waals surface area contributed by atoms with Crippen LogP contribution in [0, 0.1) is 18.6 Å². The SMILES string of the molecule is COc1ccc(C)cc1/C(O)=C1\C(=O)C(=O)N(c2ccc(F)c(F)c2)C1c1ccc(N(C)C)cc1. The fourth-order valence-electron chi connectivity index (χ4n) is 4.16. The number of aryl methyl sites for hydroxylation is 1. The third kappa shape index (κ3) is 4.23. The fraction of sp³-hybridized carbons (Fsp3) is 0.185. The number of nitrogens with zero attached hydrogens (tertiary/aromatic N) is 2. The monoisotopic (exact) mass is 478 g/mol. The maximum Gasteiger partial charge on any atom is 0.300 e. The quantitative estimate of drug-likeness (QED) is 0.318. The number of aliphatic hydroxyl groups is 1. The van der Waals surface area contributed by atoms with E-state index in [2.05, 4.69) is 0 Å². The van der Waals surface area contributed by atoms with Gasteiger partial charge in [0.25, 0.3) is 11.7 Å². The van der Waals surface area contributed by atoms with Crippen LogP contribution >= 0.6 is 0 Å². The molecule has 0 aromatic heterocycles. The third-order valence-corrected chi connectivity index (χ3v) is 5.96. The van der Waals surface area contributed by atoms with Crippen LogP contribution in [0.4, 0.5) is 20.2 Å². The normalized spacial score (nSPS) is 17.1. The van der Waals surface area contributed by atoms with Gasteiger partial charge in [-0.1, -0.05) is 23.8 Å². The van der Waals surface area contributed by atoms with Crippen LogP contribution in [0.2, 0.25) is 0 Å². The predicted molar refractivity (Wildman–Crippen MR) is 130 cm³/mol.